The average molecular weight is 210 g/mol. The molecule has 0 aliphatic rings. The summed E-state index contributed by atoms with van der Waals surface area (Å²) in [6.45, 7) is 5.53. The zero-order valence-electron chi connectivity index (χ0n) is 9.49. The largest absolute Gasteiger partial charge is 0.481 e. The lowest BCUT2D eigenvalue weighted by molar-refractivity contribution is 0.0870. The first-order valence-corrected chi connectivity index (χ1v) is 5.08. The molecule has 4 nitrogen and oxygen atoms in total. The molecule has 15 heavy (non-hydrogen) atoms. The summed E-state index contributed by atoms with van der Waals surface area (Å²) in [4.78, 5) is 4.09. The monoisotopic (exact) mass is 210 g/mol. The van der Waals surface area contributed by atoms with Crippen LogP contribution in [0.2, 0.25) is 0 Å². The van der Waals surface area contributed by atoms with Gasteiger partial charge < -0.3 is 14.8 Å². The summed E-state index contributed by atoms with van der Waals surface area (Å²) in [5, 5.41) is 3.21. The average Bonchev–Trinajstić information content (AvgIpc) is 2.25. The summed E-state index contributed by atoms with van der Waals surface area (Å²) in [6, 6.07) is 3.76. The fraction of sp³-hybridized carbons (Fsp3) is 0.545. The lowest BCUT2D eigenvalue weighted by atomic mass is 10.4. The number of pyridine rings is 1. The van der Waals surface area contributed by atoms with Gasteiger partial charge in [-0.25, -0.2) is 4.98 Å². The molecule has 0 spiro atoms. The Bertz CT molecular complexity index is 272. The van der Waals surface area contributed by atoms with Gasteiger partial charge in [-0.05, 0) is 19.9 Å². The van der Waals surface area contributed by atoms with E-state index in [4.69, 9.17) is 9.47 Å². The van der Waals surface area contributed by atoms with Crippen LogP contribution >= 0.6 is 0 Å². The molecule has 0 saturated heterocycles. The normalized spacial score (nSPS) is 10.4. The van der Waals surface area contributed by atoms with Gasteiger partial charge >= 0.3 is 0 Å². The highest BCUT2D eigenvalue weighted by Crippen LogP contribution is 2.10. The summed E-state index contributed by atoms with van der Waals surface area (Å²) in [5.74, 6) is 0.624. The Kier molecular flexibility index (Phi) is 4.90. The SMILES string of the molecule is COc1ccc(NCCOC(C)C)cn1. The number of hydrogen-bond acceptors (Lipinski definition) is 4. The van der Waals surface area contributed by atoms with E-state index in [0.29, 0.717) is 12.5 Å². The zero-order chi connectivity index (χ0) is 11.1. The third-order valence-electron chi connectivity index (χ3n) is 1.83. The van der Waals surface area contributed by atoms with Crippen LogP contribution in [0.4, 0.5) is 5.69 Å². The van der Waals surface area contributed by atoms with E-state index in [0.717, 1.165) is 12.2 Å². The van der Waals surface area contributed by atoms with Gasteiger partial charge in [-0.15, -0.1) is 0 Å². The summed E-state index contributed by atoms with van der Waals surface area (Å²) in [7, 11) is 1.60. The highest BCUT2D eigenvalue weighted by Gasteiger charge is 1.95. The maximum absolute atomic E-state index is 5.40. The first-order valence-electron chi connectivity index (χ1n) is 5.08. The van der Waals surface area contributed by atoms with Crippen LogP contribution in [-0.4, -0.2) is 31.3 Å². The smallest absolute Gasteiger partial charge is 0.213 e. The summed E-state index contributed by atoms with van der Waals surface area (Å²) >= 11 is 0. The number of methoxy groups -OCH3 is 1. The molecule has 1 N–H and O–H groups in total. The van der Waals surface area contributed by atoms with Crippen LogP contribution < -0.4 is 10.1 Å². The van der Waals surface area contributed by atoms with Crippen LogP contribution in [0.5, 0.6) is 5.88 Å². The molecule has 0 atom stereocenters. The van der Waals surface area contributed by atoms with Crippen molar-refractivity contribution in [3.05, 3.63) is 18.3 Å². The second kappa shape index (κ2) is 6.24. The van der Waals surface area contributed by atoms with Crippen molar-refractivity contribution in [1.29, 1.82) is 0 Å². The number of anilines is 1. The Hall–Kier alpha value is -1.29. The predicted molar refractivity (Wildman–Crippen MR) is 60.4 cm³/mol. The topological polar surface area (TPSA) is 43.4 Å². The van der Waals surface area contributed by atoms with E-state index in [2.05, 4.69) is 10.3 Å². The summed E-state index contributed by atoms with van der Waals surface area (Å²) in [5.41, 5.74) is 0.975. The van der Waals surface area contributed by atoms with E-state index in [1.807, 2.05) is 26.0 Å². The Morgan fingerprint density at radius 3 is 2.73 bits per heavy atom. The number of nitrogens with zero attached hydrogens (tertiary/aromatic N) is 1. The van der Waals surface area contributed by atoms with Crippen molar-refractivity contribution in [3.63, 3.8) is 0 Å². The lowest BCUT2D eigenvalue weighted by Gasteiger charge is -2.09. The molecule has 4 heteroatoms. The van der Waals surface area contributed by atoms with E-state index in [-0.39, 0.29) is 6.10 Å². The third kappa shape index (κ3) is 4.65. The highest BCUT2D eigenvalue weighted by atomic mass is 16.5. The predicted octanol–water partition coefficient (Wildman–Crippen LogP) is 1.93. The van der Waals surface area contributed by atoms with Gasteiger partial charge in [0.1, 0.15) is 0 Å². The molecule has 0 radical (unpaired) electrons. The first kappa shape index (κ1) is 11.8. The molecule has 1 rings (SSSR count). The van der Waals surface area contributed by atoms with Gasteiger partial charge in [0.05, 0.1) is 31.7 Å². The van der Waals surface area contributed by atoms with Crippen molar-refractivity contribution in [2.75, 3.05) is 25.6 Å². The minimum absolute atomic E-state index is 0.279. The van der Waals surface area contributed by atoms with Crippen LogP contribution in [0.1, 0.15) is 13.8 Å². The zero-order valence-corrected chi connectivity index (χ0v) is 9.49. The molecule has 0 unspecified atom stereocenters. The summed E-state index contributed by atoms with van der Waals surface area (Å²) in [6.07, 6.45) is 2.02. The molecule has 0 aliphatic carbocycles. The van der Waals surface area contributed by atoms with E-state index >= 15 is 0 Å². The number of ether oxygens (including phenoxy) is 2. The van der Waals surface area contributed by atoms with Crippen molar-refractivity contribution in [2.24, 2.45) is 0 Å². The first-order chi connectivity index (χ1) is 7.22. The lowest BCUT2D eigenvalue weighted by Crippen LogP contribution is -2.13. The van der Waals surface area contributed by atoms with Crippen LogP contribution in [-0.2, 0) is 4.74 Å². The molecule has 1 heterocycles. The van der Waals surface area contributed by atoms with Crippen LogP contribution in [0.3, 0.4) is 0 Å². The molecule has 0 aliphatic heterocycles. The van der Waals surface area contributed by atoms with E-state index in [1.54, 1.807) is 13.3 Å². The van der Waals surface area contributed by atoms with E-state index < -0.39 is 0 Å². The number of rotatable bonds is 6. The maximum Gasteiger partial charge on any atom is 0.213 e. The molecular weight excluding hydrogens is 192 g/mol. The standard InChI is InChI=1S/C11H18N2O2/c1-9(2)15-7-6-12-10-4-5-11(14-3)13-8-10/h4-5,8-9,12H,6-7H2,1-3H3. The molecule has 84 valence electrons. The fourth-order valence-corrected chi connectivity index (χ4v) is 1.10. The van der Waals surface area contributed by atoms with Gasteiger partial charge in [-0.3, -0.25) is 0 Å². The Morgan fingerprint density at radius 2 is 2.20 bits per heavy atom. The van der Waals surface area contributed by atoms with Gasteiger partial charge in [-0.2, -0.15) is 0 Å². The molecule has 0 saturated carbocycles. The van der Waals surface area contributed by atoms with Gasteiger partial charge in [0.25, 0.3) is 0 Å². The van der Waals surface area contributed by atoms with Gasteiger partial charge in [0, 0.05) is 12.6 Å². The van der Waals surface area contributed by atoms with E-state index in [9.17, 15) is 0 Å². The molecule has 1 aromatic rings. The molecule has 0 bridgehead atoms. The Balaban J connectivity index is 2.25. The van der Waals surface area contributed by atoms with Crippen molar-refractivity contribution in [1.82, 2.24) is 4.98 Å². The minimum atomic E-state index is 0.279. The Labute approximate surface area is 90.6 Å². The minimum Gasteiger partial charge on any atom is -0.481 e. The fourth-order valence-electron chi connectivity index (χ4n) is 1.10. The number of aromatic nitrogens is 1. The quantitative estimate of drug-likeness (QED) is 0.728. The van der Waals surface area contributed by atoms with Crippen molar-refractivity contribution < 1.29 is 9.47 Å². The van der Waals surface area contributed by atoms with Gasteiger partial charge in [0.15, 0.2) is 0 Å². The van der Waals surface area contributed by atoms with Crippen molar-refractivity contribution in [3.8, 4) is 5.88 Å². The second-order valence-electron chi connectivity index (χ2n) is 3.44. The molecule has 0 aromatic carbocycles. The second-order valence-corrected chi connectivity index (χ2v) is 3.44. The maximum atomic E-state index is 5.40. The highest BCUT2D eigenvalue weighted by molar-refractivity contribution is 5.41. The van der Waals surface area contributed by atoms with Crippen LogP contribution in [0, 0.1) is 0 Å². The van der Waals surface area contributed by atoms with Gasteiger partial charge in [-0.1, -0.05) is 0 Å². The molecule has 0 fully saturated rings. The van der Waals surface area contributed by atoms with Gasteiger partial charge in [0.2, 0.25) is 5.88 Å². The number of nitrogens with one attached hydrogen (secondary N) is 1. The summed E-state index contributed by atoms with van der Waals surface area (Å²) < 4.78 is 10.4. The van der Waals surface area contributed by atoms with E-state index in [1.165, 1.54) is 0 Å². The van der Waals surface area contributed by atoms with Crippen LogP contribution in [0.15, 0.2) is 18.3 Å². The molecule has 1 aromatic heterocycles. The van der Waals surface area contributed by atoms with Crippen molar-refractivity contribution in [2.45, 2.75) is 20.0 Å². The van der Waals surface area contributed by atoms with Crippen molar-refractivity contribution >= 4 is 5.69 Å². The van der Waals surface area contributed by atoms with Crippen LogP contribution in [0.25, 0.3) is 0 Å². The number of hydrogen-bond donors (Lipinski definition) is 1. The third-order valence-corrected chi connectivity index (χ3v) is 1.83. The molecular formula is C11H18N2O2. The Morgan fingerprint density at radius 1 is 1.40 bits per heavy atom. The molecule has 0 amide bonds.